The molecule has 0 radical (unpaired) electrons. The Morgan fingerprint density at radius 1 is 1.21 bits per heavy atom. The van der Waals surface area contributed by atoms with Crippen molar-refractivity contribution >= 4 is 11.8 Å². The van der Waals surface area contributed by atoms with Crippen molar-refractivity contribution < 1.29 is 9.59 Å². The average molecular weight is 198 g/mol. The summed E-state index contributed by atoms with van der Waals surface area (Å²) in [5.41, 5.74) is 0. The van der Waals surface area contributed by atoms with Gasteiger partial charge in [-0.05, 0) is 19.4 Å². The predicted molar refractivity (Wildman–Crippen MR) is 55.7 cm³/mol. The largest absolute Gasteiger partial charge is 0.356 e. The molecule has 0 unspecified atom stereocenters. The van der Waals surface area contributed by atoms with Crippen LogP contribution in [-0.4, -0.2) is 24.9 Å². The molecule has 0 aromatic heterocycles. The Kier molecular flexibility index (Phi) is 7.50. The normalized spacial score (nSPS) is 10.1. The second-order valence-corrected chi connectivity index (χ2v) is 2.89. The Hall–Kier alpha value is -1.32. The molecule has 0 aliphatic carbocycles. The van der Waals surface area contributed by atoms with E-state index < -0.39 is 0 Å². The van der Waals surface area contributed by atoms with E-state index in [1.165, 1.54) is 6.08 Å². The zero-order valence-electron chi connectivity index (χ0n) is 8.80. The van der Waals surface area contributed by atoms with Gasteiger partial charge in [-0.15, -0.1) is 0 Å². The van der Waals surface area contributed by atoms with Gasteiger partial charge in [0.05, 0.1) is 0 Å². The van der Waals surface area contributed by atoms with Crippen molar-refractivity contribution in [2.24, 2.45) is 0 Å². The number of nitrogens with one attached hydrogen (secondary N) is 2. The molecule has 80 valence electrons. The first-order chi connectivity index (χ1) is 6.70. The lowest BCUT2D eigenvalue weighted by molar-refractivity contribution is -0.121. The van der Waals surface area contributed by atoms with Crippen LogP contribution in [0.15, 0.2) is 12.2 Å². The summed E-state index contributed by atoms with van der Waals surface area (Å²) in [6, 6.07) is 0. The summed E-state index contributed by atoms with van der Waals surface area (Å²) in [6.45, 7) is 4.85. The minimum Gasteiger partial charge on any atom is -0.356 e. The minimum atomic E-state index is -0.157. The highest BCUT2D eigenvalue weighted by Crippen LogP contribution is 1.80. The fraction of sp³-hybridized carbons (Fsp3) is 0.600. The first-order valence-corrected chi connectivity index (χ1v) is 4.88. The molecule has 0 fully saturated rings. The van der Waals surface area contributed by atoms with Crippen LogP contribution in [0.1, 0.15) is 26.7 Å². The highest BCUT2D eigenvalue weighted by Gasteiger charge is 2.00. The lowest BCUT2D eigenvalue weighted by Gasteiger charge is -2.03. The van der Waals surface area contributed by atoms with E-state index >= 15 is 0 Å². The number of carbonyl (C=O) groups excluding carboxylic acids is 2. The molecule has 4 heteroatoms. The van der Waals surface area contributed by atoms with Crippen LogP contribution in [0, 0.1) is 0 Å². The van der Waals surface area contributed by atoms with Crippen LogP contribution in [-0.2, 0) is 9.59 Å². The number of allylic oxidation sites excluding steroid dienone is 1. The number of hydrogen-bond donors (Lipinski definition) is 2. The smallest absolute Gasteiger partial charge is 0.243 e. The number of rotatable bonds is 6. The quantitative estimate of drug-likeness (QED) is 0.614. The van der Waals surface area contributed by atoms with Crippen LogP contribution in [0.3, 0.4) is 0 Å². The molecule has 0 aliphatic heterocycles. The number of amides is 2. The van der Waals surface area contributed by atoms with Gasteiger partial charge in [0.1, 0.15) is 0 Å². The summed E-state index contributed by atoms with van der Waals surface area (Å²) in [4.78, 5) is 22.0. The lowest BCUT2D eigenvalue weighted by atomic mass is 10.3. The number of hydrogen-bond acceptors (Lipinski definition) is 2. The SMILES string of the molecule is CC=CC(=O)NCCC(=O)NCCC. The van der Waals surface area contributed by atoms with E-state index in [0.29, 0.717) is 19.5 Å². The van der Waals surface area contributed by atoms with Crippen LogP contribution >= 0.6 is 0 Å². The van der Waals surface area contributed by atoms with Crippen molar-refractivity contribution in [1.82, 2.24) is 10.6 Å². The molecule has 0 spiro atoms. The van der Waals surface area contributed by atoms with Gasteiger partial charge in [-0.1, -0.05) is 13.0 Å². The molecule has 0 atom stereocenters. The summed E-state index contributed by atoms with van der Waals surface area (Å²) in [6.07, 6.45) is 4.36. The zero-order valence-corrected chi connectivity index (χ0v) is 8.80. The fourth-order valence-electron chi connectivity index (χ4n) is 0.862. The first-order valence-electron chi connectivity index (χ1n) is 4.88. The van der Waals surface area contributed by atoms with E-state index in [1.807, 2.05) is 6.92 Å². The molecule has 0 aromatic rings. The summed E-state index contributed by atoms with van der Waals surface area (Å²) in [5, 5.41) is 5.33. The number of carbonyl (C=O) groups is 2. The predicted octanol–water partition coefficient (Wildman–Crippen LogP) is 0.595. The molecule has 0 heterocycles. The monoisotopic (exact) mass is 198 g/mol. The van der Waals surface area contributed by atoms with Crippen LogP contribution in [0.25, 0.3) is 0 Å². The molecule has 0 aromatic carbocycles. The molecule has 14 heavy (non-hydrogen) atoms. The Bertz CT molecular complexity index is 212. The molecule has 2 amide bonds. The van der Waals surface area contributed by atoms with Gasteiger partial charge in [0.15, 0.2) is 0 Å². The third-order valence-electron chi connectivity index (χ3n) is 1.54. The molecule has 4 nitrogen and oxygen atoms in total. The van der Waals surface area contributed by atoms with Gasteiger partial charge in [0.2, 0.25) is 11.8 Å². The molecule has 2 N–H and O–H groups in total. The van der Waals surface area contributed by atoms with Crippen LogP contribution < -0.4 is 10.6 Å². The Morgan fingerprint density at radius 3 is 2.50 bits per heavy atom. The second kappa shape index (κ2) is 8.29. The van der Waals surface area contributed by atoms with Gasteiger partial charge >= 0.3 is 0 Å². The van der Waals surface area contributed by atoms with Gasteiger partial charge in [-0.25, -0.2) is 0 Å². The van der Waals surface area contributed by atoms with Crippen molar-refractivity contribution in [3.8, 4) is 0 Å². The van der Waals surface area contributed by atoms with E-state index in [9.17, 15) is 9.59 Å². The summed E-state index contributed by atoms with van der Waals surface area (Å²) in [7, 11) is 0. The highest BCUT2D eigenvalue weighted by atomic mass is 16.2. The Morgan fingerprint density at radius 2 is 1.93 bits per heavy atom. The van der Waals surface area contributed by atoms with Gasteiger partial charge in [0, 0.05) is 19.5 Å². The van der Waals surface area contributed by atoms with Crippen molar-refractivity contribution in [3.63, 3.8) is 0 Å². The maximum Gasteiger partial charge on any atom is 0.243 e. The lowest BCUT2D eigenvalue weighted by Crippen LogP contribution is -2.30. The van der Waals surface area contributed by atoms with E-state index in [0.717, 1.165) is 6.42 Å². The summed E-state index contributed by atoms with van der Waals surface area (Å²) >= 11 is 0. The highest BCUT2D eigenvalue weighted by molar-refractivity contribution is 5.87. The first kappa shape index (κ1) is 12.7. The van der Waals surface area contributed by atoms with E-state index in [2.05, 4.69) is 10.6 Å². The van der Waals surface area contributed by atoms with Crippen molar-refractivity contribution in [1.29, 1.82) is 0 Å². The molecular weight excluding hydrogens is 180 g/mol. The minimum absolute atomic E-state index is 0.0207. The van der Waals surface area contributed by atoms with E-state index in [-0.39, 0.29) is 11.8 Å². The van der Waals surface area contributed by atoms with Crippen LogP contribution in [0.2, 0.25) is 0 Å². The molecule has 0 saturated carbocycles. The third kappa shape index (κ3) is 7.34. The van der Waals surface area contributed by atoms with E-state index in [4.69, 9.17) is 0 Å². The van der Waals surface area contributed by atoms with Gasteiger partial charge in [0.25, 0.3) is 0 Å². The van der Waals surface area contributed by atoms with Crippen LogP contribution in [0.5, 0.6) is 0 Å². The zero-order chi connectivity index (χ0) is 10.8. The van der Waals surface area contributed by atoms with E-state index in [1.54, 1.807) is 13.0 Å². The average Bonchev–Trinajstić information content (AvgIpc) is 2.15. The molecule has 0 saturated heterocycles. The molecule has 0 aliphatic rings. The van der Waals surface area contributed by atoms with Gasteiger partial charge in [-0.3, -0.25) is 9.59 Å². The maximum absolute atomic E-state index is 11.1. The molecule has 0 rings (SSSR count). The Balaban J connectivity index is 3.44. The van der Waals surface area contributed by atoms with Crippen molar-refractivity contribution in [3.05, 3.63) is 12.2 Å². The summed E-state index contributed by atoms with van der Waals surface area (Å²) < 4.78 is 0. The molecule has 0 bridgehead atoms. The van der Waals surface area contributed by atoms with Gasteiger partial charge < -0.3 is 10.6 Å². The summed E-state index contributed by atoms with van der Waals surface area (Å²) in [5.74, 6) is -0.177. The molecular formula is C10H18N2O2. The van der Waals surface area contributed by atoms with Crippen molar-refractivity contribution in [2.45, 2.75) is 26.7 Å². The standard InChI is InChI=1S/C10H18N2O2/c1-3-5-9(13)12-8-6-10(14)11-7-4-2/h3,5H,4,6-8H2,1-2H3,(H,11,14)(H,12,13). The maximum atomic E-state index is 11.1. The van der Waals surface area contributed by atoms with Gasteiger partial charge in [-0.2, -0.15) is 0 Å². The van der Waals surface area contributed by atoms with Crippen molar-refractivity contribution in [2.75, 3.05) is 13.1 Å². The topological polar surface area (TPSA) is 58.2 Å². The van der Waals surface area contributed by atoms with Crippen LogP contribution in [0.4, 0.5) is 0 Å². The second-order valence-electron chi connectivity index (χ2n) is 2.89. The Labute approximate surface area is 84.8 Å². The third-order valence-corrected chi connectivity index (χ3v) is 1.54. The fourth-order valence-corrected chi connectivity index (χ4v) is 0.862.